The maximum Gasteiger partial charge on any atom is 0.337 e. The van der Waals surface area contributed by atoms with Crippen LogP contribution in [0.5, 0.6) is 0 Å². The highest BCUT2D eigenvalue weighted by Crippen LogP contribution is 2.26. The Bertz CT molecular complexity index is 662. The number of hydrogen-bond donors (Lipinski definition) is 2. The van der Waals surface area contributed by atoms with Crippen LogP contribution in [0.15, 0.2) is 30.1 Å². The molecular weight excluding hydrogens is 325 g/mol. The molecule has 0 unspecified atom stereocenters. The summed E-state index contributed by atoms with van der Waals surface area (Å²) < 4.78 is 37.6. The number of nitrogens with zero attached hydrogens (tertiary/aromatic N) is 1. The molecule has 2 rings (SSSR count). The van der Waals surface area contributed by atoms with Crippen LogP contribution >= 0.6 is 0 Å². The minimum absolute atomic E-state index is 0.0264. The molecule has 0 radical (unpaired) electrons. The number of halogens is 3. The molecule has 130 valence electrons. The lowest BCUT2D eigenvalue weighted by molar-refractivity contribution is -0.116. The molecule has 1 heterocycles. The standard InChI is InChI=1S/C16H17F3N2O3/c17-10-2-1-7-21(9-10)11-3-4-13(12(8-11)16(23)24)20-15(22)6-5-14(18)19/h2-4,8,14H,1,5-7,9H2,(H,20,22)(H,23,24). The molecule has 8 heteroatoms. The largest absolute Gasteiger partial charge is 0.478 e. The predicted octanol–water partition coefficient (Wildman–Crippen LogP) is 3.43. The molecule has 1 aliphatic heterocycles. The SMILES string of the molecule is O=C(CCC(F)F)Nc1ccc(N2CCC=C(F)C2)cc1C(=O)O. The van der Waals surface area contributed by atoms with Gasteiger partial charge in [-0.15, -0.1) is 0 Å². The van der Waals surface area contributed by atoms with Crippen LogP contribution < -0.4 is 10.2 Å². The first-order chi connectivity index (χ1) is 11.4. The zero-order valence-corrected chi connectivity index (χ0v) is 12.8. The summed E-state index contributed by atoms with van der Waals surface area (Å²) in [7, 11) is 0. The van der Waals surface area contributed by atoms with Gasteiger partial charge in [-0.25, -0.2) is 18.0 Å². The number of amides is 1. The third-order valence-electron chi connectivity index (χ3n) is 3.57. The lowest BCUT2D eigenvalue weighted by Gasteiger charge is -2.27. The lowest BCUT2D eigenvalue weighted by atomic mass is 10.1. The fourth-order valence-corrected chi connectivity index (χ4v) is 2.39. The summed E-state index contributed by atoms with van der Waals surface area (Å²) in [5.41, 5.74) is 0.368. The maximum absolute atomic E-state index is 13.4. The monoisotopic (exact) mass is 342 g/mol. The molecule has 5 nitrogen and oxygen atoms in total. The second-order valence-electron chi connectivity index (χ2n) is 5.37. The van der Waals surface area contributed by atoms with Crippen molar-refractivity contribution in [2.45, 2.75) is 25.7 Å². The molecule has 0 saturated carbocycles. The molecule has 0 aromatic heterocycles. The number of carboxylic acids is 1. The van der Waals surface area contributed by atoms with Gasteiger partial charge in [0.1, 0.15) is 5.83 Å². The number of benzene rings is 1. The number of alkyl halides is 2. The number of carboxylic acid groups (broad SMARTS) is 1. The van der Waals surface area contributed by atoms with Crippen LogP contribution in [0.25, 0.3) is 0 Å². The van der Waals surface area contributed by atoms with E-state index in [4.69, 9.17) is 0 Å². The van der Waals surface area contributed by atoms with Gasteiger partial charge in [-0.2, -0.15) is 0 Å². The van der Waals surface area contributed by atoms with E-state index in [0.29, 0.717) is 18.7 Å². The first-order valence-corrected chi connectivity index (χ1v) is 7.41. The van der Waals surface area contributed by atoms with Crippen molar-refractivity contribution in [3.8, 4) is 0 Å². The number of carbonyl (C=O) groups is 2. The number of hydrogen-bond acceptors (Lipinski definition) is 3. The molecule has 0 saturated heterocycles. The number of anilines is 2. The first kappa shape index (κ1) is 17.8. The molecule has 0 aliphatic carbocycles. The van der Waals surface area contributed by atoms with Gasteiger partial charge in [0.2, 0.25) is 12.3 Å². The molecule has 2 N–H and O–H groups in total. The van der Waals surface area contributed by atoms with Gasteiger partial charge in [-0.3, -0.25) is 4.79 Å². The molecule has 0 atom stereocenters. The molecule has 1 aliphatic rings. The van der Waals surface area contributed by atoms with E-state index in [2.05, 4.69) is 5.32 Å². The van der Waals surface area contributed by atoms with Crippen molar-refractivity contribution in [3.63, 3.8) is 0 Å². The van der Waals surface area contributed by atoms with E-state index in [0.717, 1.165) is 0 Å². The summed E-state index contributed by atoms with van der Waals surface area (Å²) in [6, 6.07) is 4.28. The predicted molar refractivity (Wildman–Crippen MR) is 83.3 cm³/mol. The Morgan fingerprint density at radius 1 is 1.33 bits per heavy atom. The van der Waals surface area contributed by atoms with Gasteiger partial charge >= 0.3 is 5.97 Å². The fraction of sp³-hybridized carbons (Fsp3) is 0.375. The van der Waals surface area contributed by atoms with E-state index in [1.807, 2.05) is 0 Å². The number of rotatable bonds is 6. The number of nitrogens with one attached hydrogen (secondary N) is 1. The molecule has 0 bridgehead atoms. The Morgan fingerprint density at radius 3 is 2.71 bits per heavy atom. The number of aromatic carboxylic acids is 1. The van der Waals surface area contributed by atoms with Crippen LogP contribution in [0.1, 0.15) is 29.6 Å². The molecular formula is C16H17F3N2O3. The minimum Gasteiger partial charge on any atom is -0.478 e. The summed E-state index contributed by atoms with van der Waals surface area (Å²) in [5, 5.41) is 11.6. The van der Waals surface area contributed by atoms with Crippen LogP contribution in [0.2, 0.25) is 0 Å². The van der Waals surface area contributed by atoms with Gasteiger partial charge in [0.15, 0.2) is 0 Å². The Hall–Kier alpha value is -2.51. The maximum atomic E-state index is 13.4. The third-order valence-corrected chi connectivity index (χ3v) is 3.57. The molecule has 24 heavy (non-hydrogen) atoms. The molecule has 1 aromatic rings. The Kier molecular flexibility index (Phi) is 5.83. The zero-order valence-electron chi connectivity index (χ0n) is 12.8. The van der Waals surface area contributed by atoms with Gasteiger partial charge in [0.05, 0.1) is 17.8 Å². The topological polar surface area (TPSA) is 69.6 Å². The number of carbonyl (C=O) groups excluding carboxylic acids is 1. The first-order valence-electron chi connectivity index (χ1n) is 7.41. The van der Waals surface area contributed by atoms with E-state index in [-0.39, 0.29) is 23.6 Å². The summed E-state index contributed by atoms with van der Waals surface area (Å²) in [6.45, 7) is 0.603. The van der Waals surface area contributed by atoms with Crippen molar-refractivity contribution < 1.29 is 27.9 Å². The van der Waals surface area contributed by atoms with E-state index in [1.165, 1.54) is 18.2 Å². The van der Waals surface area contributed by atoms with Gasteiger partial charge in [0.25, 0.3) is 0 Å². The van der Waals surface area contributed by atoms with E-state index >= 15 is 0 Å². The molecule has 0 spiro atoms. The van der Waals surface area contributed by atoms with Gasteiger partial charge in [-0.1, -0.05) is 0 Å². The Labute approximate surface area is 136 Å². The summed E-state index contributed by atoms with van der Waals surface area (Å²) in [6.07, 6.45) is -1.60. The van der Waals surface area contributed by atoms with Crippen LogP contribution in [0.3, 0.4) is 0 Å². The van der Waals surface area contributed by atoms with Crippen molar-refractivity contribution in [2.24, 2.45) is 0 Å². The normalized spacial score (nSPS) is 14.5. The highest BCUT2D eigenvalue weighted by Gasteiger charge is 2.18. The minimum atomic E-state index is -2.60. The van der Waals surface area contributed by atoms with Crippen molar-refractivity contribution >= 4 is 23.3 Å². The van der Waals surface area contributed by atoms with Crippen molar-refractivity contribution in [2.75, 3.05) is 23.3 Å². The van der Waals surface area contributed by atoms with Gasteiger partial charge in [0, 0.05) is 25.1 Å². The average Bonchev–Trinajstić information content (AvgIpc) is 2.53. The summed E-state index contributed by atoms with van der Waals surface area (Å²) in [5.74, 6) is -2.24. The molecule has 0 fully saturated rings. The molecule has 1 aromatic carbocycles. The van der Waals surface area contributed by atoms with Crippen LogP contribution in [0.4, 0.5) is 24.5 Å². The van der Waals surface area contributed by atoms with Crippen molar-refractivity contribution in [1.82, 2.24) is 0 Å². The smallest absolute Gasteiger partial charge is 0.337 e. The zero-order chi connectivity index (χ0) is 17.7. The second-order valence-corrected chi connectivity index (χ2v) is 5.37. The van der Waals surface area contributed by atoms with E-state index in [1.54, 1.807) is 11.0 Å². The van der Waals surface area contributed by atoms with E-state index < -0.39 is 31.1 Å². The highest BCUT2D eigenvalue weighted by molar-refractivity contribution is 6.01. The van der Waals surface area contributed by atoms with Crippen molar-refractivity contribution in [1.29, 1.82) is 0 Å². The molecule has 1 amide bonds. The average molecular weight is 342 g/mol. The fourth-order valence-electron chi connectivity index (χ4n) is 2.39. The van der Waals surface area contributed by atoms with Crippen LogP contribution in [-0.4, -0.2) is 36.5 Å². The lowest BCUT2D eigenvalue weighted by Crippen LogP contribution is -2.29. The quantitative estimate of drug-likeness (QED) is 0.831. The Balaban J connectivity index is 2.16. The van der Waals surface area contributed by atoms with Crippen LogP contribution in [0, 0.1) is 0 Å². The summed E-state index contributed by atoms with van der Waals surface area (Å²) >= 11 is 0. The third kappa shape index (κ3) is 4.74. The highest BCUT2D eigenvalue weighted by atomic mass is 19.3. The van der Waals surface area contributed by atoms with E-state index in [9.17, 15) is 27.9 Å². The Morgan fingerprint density at radius 2 is 2.08 bits per heavy atom. The van der Waals surface area contributed by atoms with Gasteiger partial charge < -0.3 is 15.3 Å². The summed E-state index contributed by atoms with van der Waals surface area (Å²) in [4.78, 5) is 24.7. The van der Waals surface area contributed by atoms with Crippen molar-refractivity contribution in [3.05, 3.63) is 35.7 Å². The van der Waals surface area contributed by atoms with Gasteiger partial charge in [-0.05, 0) is 30.7 Å². The second kappa shape index (κ2) is 7.85. The van der Waals surface area contributed by atoms with Crippen LogP contribution in [-0.2, 0) is 4.79 Å².